The Bertz CT molecular complexity index is 954. The van der Waals surface area contributed by atoms with Crippen molar-refractivity contribution in [3.8, 4) is 0 Å². The fraction of sp³-hybridized carbons (Fsp3) is 0.793. The second-order valence-electron chi connectivity index (χ2n) is 11.6. The van der Waals surface area contributed by atoms with E-state index in [0.717, 1.165) is 0 Å². The number of unbranched alkanes of at least 4 members (excludes halogenated alkanes) is 3. The topological polar surface area (TPSA) is 307 Å². The van der Waals surface area contributed by atoms with Crippen LogP contribution in [0, 0.1) is 5.92 Å². The highest BCUT2D eigenvalue weighted by Crippen LogP contribution is 2.08. The number of hydrogen-bond donors (Lipinski definition) is 11. The van der Waals surface area contributed by atoms with Crippen LogP contribution in [-0.4, -0.2) is 109 Å². The van der Waals surface area contributed by atoms with Crippen LogP contribution in [0.3, 0.4) is 0 Å². The molecule has 0 fully saturated rings. The minimum Gasteiger partial charge on any atom is -0.480 e. The SMILES string of the molecule is CC(C)C[C@H](N)C(=O)N[C@@H](CCCCN)C(=O)N[C@@H](CO)C(=O)N[C@@H](CCCCN)C(=O)N[C@@H](CCCCN)C(=O)NCC(=O)O. The fourth-order valence-corrected chi connectivity index (χ4v) is 4.48. The molecule has 0 aromatic carbocycles. The average Bonchev–Trinajstić information content (AvgIpc) is 3.00. The predicted octanol–water partition coefficient (Wildman–Crippen LogP) is -3.12. The van der Waals surface area contributed by atoms with Crippen molar-refractivity contribution in [1.29, 1.82) is 0 Å². The molecule has 17 nitrogen and oxygen atoms in total. The van der Waals surface area contributed by atoms with Crippen LogP contribution in [0.25, 0.3) is 0 Å². The van der Waals surface area contributed by atoms with Gasteiger partial charge in [-0.2, -0.15) is 0 Å². The van der Waals surface area contributed by atoms with E-state index in [1.54, 1.807) is 0 Å². The number of rotatable bonds is 26. The van der Waals surface area contributed by atoms with Gasteiger partial charge in [0, 0.05) is 0 Å². The Hall–Kier alpha value is -3.38. The largest absolute Gasteiger partial charge is 0.480 e. The van der Waals surface area contributed by atoms with E-state index in [1.165, 1.54) is 0 Å². The summed E-state index contributed by atoms with van der Waals surface area (Å²) in [6.07, 6.45) is 3.98. The minimum absolute atomic E-state index is 0.124. The Morgan fingerprint density at radius 2 is 0.957 bits per heavy atom. The van der Waals surface area contributed by atoms with Gasteiger partial charge < -0.3 is 59.7 Å². The quantitative estimate of drug-likeness (QED) is 0.0411. The van der Waals surface area contributed by atoms with Crippen molar-refractivity contribution < 1.29 is 39.0 Å². The van der Waals surface area contributed by atoms with Gasteiger partial charge in [0.2, 0.25) is 29.5 Å². The van der Waals surface area contributed by atoms with E-state index >= 15 is 0 Å². The van der Waals surface area contributed by atoms with Gasteiger partial charge in [-0.05, 0) is 89.8 Å². The van der Waals surface area contributed by atoms with Gasteiger partial charge in [0.1, 0.15) is 30.7 Å². The Morgan fingerprint density at radius 1 is 0.587 bits per heavy atom. The van der Waals surface area contributed by atoms with E-state index in [1.807, 2.05) is 13.8 Å². The van der Waals surface area contributed by atoms with E-state index in [0.29, 0.717) is 64.6 Å². The molecule has 15 N–H and O–H groups in total. The zero-order valence-electron chi connectivity index (χ0n) is 27.2. The standard InChI is InChI=1S/C29H57N9O8/c1-18(2)15-19(33)25(42)35-21(10-4-7-13-31)28(45)38-23(17-39)29(46)37-22(11-5-8-14-32)27(44)36-20(9-3-6-12-30)26(43)34-16-24(40)41/h18-23,39H,3-17,30-33H2,1-2H3,(H,34,43)(H,35,42)(H,36,44)(H,37,46)(H,38,45)(H,40,41)/t19-,20-,21-,22-,23-/m0/s1. The number of amides is 5. The second kappa shape index (κ2) is 24.8. The summed E-state index contributed by atoms with van der Waals surface area (Å²) in [7, 11) is 0. The molecule has 0 bridgehead atoms. The Labute approximate surface area is 271 Å². The number of carboxylic acids is 1. The zero-order chi connectivity index (χ0) is 35.1. The summed E-state index contributed by atoms with van der Waals surface area (Å²) in [4.78, 5) is 76.0. The first-order chi connectivity index (χ1) is 21.8. The monoisotopic (exact) mass is 659 g/mol. The van der Waals surface area contributed by atoms with Crippen molar-refractivity contribution in [2.45, 2.75) is 108 Å². The molecule has 5 atom stereocenters. The molecule has 0 saturated carbocycles. The summed E-state index contributed by atoms with van der Waals surface area (Å²) in [5.74, 6) is -4.68. The van der Waals surface area contributed by atoms with Crippen LogP contribution < -0.4 is 49.5 Å². The molecule has 266 valence electrons. The van der Waals surface area contributed by atoms with Gasteiger partial charge in [-0.3, -0.25) is 28.8 Å². The smallest absolute Gasteiger partial charge is 0.322 e. The van der Waals surface area contributed by atoms with Crippen LogP contribution >= 0.6 is 0 Å². The highest BCUT2D eigenvalue weighted by Gasteiger charge is 2.31. The number of carbonyl (C=O) groups is 6. The molecular weight excluding hydrogens is 602 g/mol. The molecule has 0 aliphatic rings. The van der Waals surface area contributed by atoms with E-state index in [-0.39, 0.29) is 25.2 Å². The van der Waals surface area contributed by atoms with Gasteiger partial charge in [0.05, 0.1) is 12.6 Å². The van der Waals surface area contributed by atoms with Gasteiger partial charge >= 0.3 is 5.97 Å². The van der Waals surface area contributed by atoms with Crippen molar-refractivity contribution in [3.63, 3.8) is 0 Å². The maximum absolute atomic E-state index is 13.3. The number of aliphatic hydroxyl groups excluding tert-OH is 1. The summed E-state index contributed by atoms with van der Waals surface area (Å²) in [6, 6.07) is -5.65. The molecule has 0 aliphatic carbocycles. The van der Waals surface area contributed by atoms with Crippen LogP contribution in [0.15, 0.2) is 0 Å². The fourth-order valence-electron chi connectivity index (χ4n) is 4.48. The van der Waals surface area contributed by atoms with Gasteiger partial charge in [-0.1, -0.05) is 13.8 Å². The van der Waals surface area contributed by atoms with Gasteiger partial charge in [0.25, 0.3) is 0 Å². The van der Waals surface area contributed by atoms with Crippen molar-refractivity contribution in [3.05, 3.63) is 0 Å². The molecule has 46 heavy (non-hydrogen) atoms. The van der Waals surface area contributed by atoms with Crippen molar-refractivity contribution in [2.75, 3.05) is 32.8 Å². The minimum atomic E-state index is -1.48. The number of nitrogens with two attached hydrogens (primary N) is 4. The van der Waals surface area contributed by atoms with Gasteiger partial charge in [-0.15, -0.1) is 0 Å². The van der Waals surface area contributed by atoms with Crippen LogP contribution in [-0.2, 0) is 28.8 Å². The number of aliphatic carboxylic acids is 1. The first kappa shape index (κ1) is 42.6. The third-order valence-electron chi connectivity index (χ3n) is 7.03. The molecule has 0 aromatic heterocycles. The third kappa shape index (κ3) is 18.6. The highest BCUT2D eigenvalue weighted by atomic mass is 16.4. The molecule has 0 aromatic rings. The van der Waals surface area contributed by atoms with Crippen molar-refractivity contribution in [1.82, 2.24) is 26.6 Å². The van der Waals surface area contributed by atoms with E-state index in [4.69, 9.17) is 28.0 Å². The summed E-state index contributed by atoms with van der Waals surface area (Å²) in [6.45, 7) is 3.41. The normalized spacial score (nSPS) is 14.3. The van der Waals surface area contributed by atoms with Crippen LogP contribution in [0.4, 0.5) is 0 Å². The molecule has 17 heteroatoms. The third-order valence-corrected chi connectivity index (χ3v) is 7.03. The van der Waals surface area contributed by atoms with E-state index in [9.17, 15) is 33.9 Å². The van der Waals surface area contributed by atoms with Crippen LogP contribution in [0.1, 0.15) is 78.1 Å². The van der Waals surface area contributed by atoms with Crippen LogP contribution in [0.5, 0.6) is 0 Å². The average molecular weight is 660 g/mol. The zero-order valence-corrected chi connectivity index (χ0v) is 27.2. The summed E-state index contributed by atoms with van der Waals surface area (Å²) >= 11 is 0. The maximum atomic E-state index is 13.3. The lowest BCUT2D eigenvalue weighted by atomic mass is 10.0. The van der Waals surface area contributed by atoms with Crippen molar-refractivity contribution >= 4 is 35.5 Å². The first-order valence-electron chi connectivity index (χ1n) is 16.0. The lowest BCUT2D eigenvalue weighted by Gasteiger charge is -2.26. The maximum Gasteiger partial charge on any atom is 0.322 e. The first-order valence-corrected chi connectivity index (χ1v) is 16.0. The lowest BCUT2D eigenvalue weighted by Crippen LogP contribution is -2.59. The number of nitrogens with one attached hydrogen (secondary N) is 5. The lowest BCUT2D eigenvalue weighted by molar-refractivity contribution is -0.138. The number of aliphatic hydroxyl groups is 1. The molecule has 0 heterocycles. The van der Waals surface area contributed by atoms with Gasteiger partial charge in [-0.25, -0.2) is 0 Å². The van der Waals surface area contributed by atoms with Gasteiger partial charge in [0.15, 0.2) is 0 Å². The Balaban J connectivity index is 5.78. The summed E-state index contributed by atoms with van der Waals surface area (Å²) in [5, 5.41) is 31.3. The van der Waals surface area contributed by atoms with Crippen LogP contribution in [0.2, 0.25) is 0 Å². The van der Waals surface area contributed by atoms with E-state index < -0.39 is 78.9 Å². The Kier molecular flexibility index (Phi) is 23.0. The van der Waals surface area contributed by atoms with Crippen molar-refractivity contribution in [2.24, 2.45) is 28.9 Å². The second-order valence-corrected chi connectivity index (χ2v) is 11.6. The molecule has 0 aliphatic heterocycles. The molecule has 0 saturated heterocycles. The number of carbonyl (C=O) groups excluding carboxylic acids is 5. The Morgan fingerprint density at radius 3 is 1.33 bits per heavy atom. The summed E-state index contributed by atoms with van der Waals surface area (Å²) in [5.41, 5.74) is 22.7. The summed E-state index contributed by atoms with van der Waals surface area (Å²) < 4.78 is 0. The predicted molar refractivity (Wildman–Crippen MR) is 172 cm³/mol. The molecule has 0 spiro atoms. The number of carboxylic acid groups (broad SMARTS) is 1. The molecule has 0 radical (unpaired) electrons. The molecule has 0 rings (SSSR count). The molecule has 5 amide bonds. The molecule has 0 unspecified atom stereocenters. The van der Waals surface area contributed by atoms with E-state index in [2.05, 4.69) is 26.6 Å². The number of hydrogen-bond acceptors (Lipinski definition) is 11. The molecular formula is C29H57N9O8. The highest BCUT2D eigenvalue weighted by molar-refractivity contribution is 5.96.